The highest BCUT2D eigenvalue weighted by Crippen LogP contribution is 2.10. The lowest BCUT2D eigenvalue weighted by Gasteiger charge is -2.34. The molecule has 1 aromatic rings. The Kier molecular flexibility index (Phi) is 7.83. The maximum Gasteiger partial charge on any atom is 0.225 e. The molecular weight excluding hydrogens is 312 g/mol. The molecule has 2 heterocycles. The largest absolute Gasteiger partial charge is 0.390 e. The van der Waals surface area contributed by atoms with Crippen LogP contribution in [0.5, 0.6) is 0 Å². The van der Waals surface area contributed by atoms with E-state index in [1.165, 1.54) is 6.42 Å². The summed E-state index contributed by atoms with van der Waals surface area (Å²) in [5, 5.41) is 3.84. The van der Waals surface area contributed by atoms with Crippen LogP contribution in [0.3, 0.4) is 0 Å². The third-order valence-electron chi connectivity index (χ3n) is 3.75. The Bertz CT molecular complexity index is 497. The van der Waals surface area contributed by atoms with E-state index in [0.29, 0.717) is 5.03 Å². The molecule has 6 nitrogen and oxygen atoms in total. The van der Waals surface area contributed by atoms with E-state index in [9.17, 15) is 0 Å². The van der Waals surface area contributed by atoms with Gasteiger partial charge in [0.05, 0.1) is 5.03 Å². The average Bonchev–Trinajstić information content (AvgIpc) is 2.59. The second-order valence-electron chi connectivity index (χ2n) is 5.46. The molecule has 1 saturated heterocycles. The number of piperazine rings is 1. The summed E-state index contributed by atoms with van der Waals surface area (Å²) < 4.78 is 0. The minimum atomic E-state index is 0.631. The number of hydrogen-bond acceptors (Lipinski definition) is 6. The molecule has 7 heteroatoms. The zero-order valence-electron chi connectivity index (χ0n) is 13.7. The van der Waals surface area contributed by atoms with Crippen LogP contribution in [0.1, 0.15) is 12.8 Å². The monoisotopic (exact) mass is 336 g/mol. The van der Waals surface area contributed by atoms with Gasteiger partial charge < -0.3 is 10.2 Å². The molecule has 0 spiro atoms. The molecule has 0 saturated carbocycles. The second-order valence-corrected chi connectivity index (χ2v) is 5.89. The number of rotatable bonds is 8. The van der Waals surface area contributed by atoms with Crippen LogP contribution in [-0.4, -0.2) is 67.4 Å². The number of hydrogen-bond donors (Lipinski definition) is 1. The fourth-order valence-corrected chi connectivity index (χ4v) is 2.69. The van der Waals surface area contributed by atoms with Crippen LogP contribution in [-0.2, 0) is 0 Å². The highest BCUT2D eigenvalue weighted by molar-refractivity contribution is 6.39. The van der Waals surface area contributed by atoms with Gasteiger partial charge in [-0.1, -0.05) is 11.6 Å². The Morgan fingerprint density at radius 1 is 1.26 bits per heavy atom. The standard InChI is InChI=1S/C16H25ClN6/c1-18-13-15(17)14-19-5-2-3-8-22-9-11-23(12-10-22)16-20-6-4-7-21-16/h4,6-7,13-14,19H,2-3,5,8-12H2,1H3/b15-14+,18-13-. The van der Waals surface area contributed by atoms with E-state index in [1.807, 2.05) is 6.07 Å². The molecule has 0 aromatic carbocycles. The molecule has 0 amide bonds. The molecule has 1 fully saturated rings. The Balaban J connectivity index is 1.56. The number of halogens is 1. The Hall–Kier alpha value is -1.66. The van der Waals surface area contributed by atoms with E-state index in [-0.39, 0.29) is 0 Å². The van der Waals surface area contributed by atoms with Crippen molar-refractivity contribution in [1.82, 2.24) is 20.2 Å². The Labute approximate surface area is 143 Å². The number of anilines is 1. The van der Waals surface area contributed by atoms with E-state index in [4.69, 9.17) is 11.6 Å². The smallest absolute Gasteiger partial charge is 0.225 e. The molecule has 1 aliphatic heterocycles. The SMILES string of the molecule is C/N=C\C(Cl)=C/NCCCCN1CCN(c2ncccn2)CC1. The first-order valence-corrected chi connectivity index (χ1v) is 8.43. The van der Waals surface area contributed by atoms with Crippen molar-refractivity contribution < 1.29 is 0 Å². The minimum absolute atomic E-state index is 0.631. The highest BCUT2D eigenvalue weighted by Gasteiger charge is 2.17. The average molecular weight is 337 g/mol. The van der Waals surface area contributed by atoms with Gasteiger partial charge >= 0.3 is 0 Å². The van der Waals surface area contributed by atoms with Crippen LogP contribution in [0.25, 0.3) is 0 Å². The number of nitrogens with one attached hydrogen (secondary N) is 1. The van der Waals surface area contributed by atoms with Crippen LogP contribution in [0.15, 0.2) is 34.7 Å². The number of aliphatic imine (C=N–C) groups is 1. The lowest BCUT2D eigenvalue weighted by atomic mass is 10.2. The molecule has 0 bridgehead atoms. The lowest BCUT2D eigenvalue weighted by molar-refractivity contribution is 0.252. The molecule has 1 N–H and O–H groups in total. The molecule has 1 aliphatic rings. The Morgan fingerprint density at radius 3 is 2.70 bits per heavy atom. The number of unbranched alkanes of at least 4 members (excludes halogenated alkanes) is 1. The lowest BCUT2D eigenvalue weighted by Crippen LogP contribution is -2.47. The van der Waals surface area contributed by atoms with Gasteiger partial charge in [-0.15, -0.1) is 0 Å². The van der Waals surface area contributed by atoms with E-state index >= 15 is 0 Å². The molecule has 1 aromatic heterocycles. The molecule has 23 heavy (non-hydrogen) atoms. The first-order chi connectivity index (χ1) is 11.3. The van der Waals surface area contributed by atoms with Gasteiger partial charge in [-0.05, 0) is 25.5 Å². The molecule has 0 aliphatic carbocycles. The van der Waals surface area contributed by atoms with Gasteiger partial charge in [0.2, 0.25) is 5.95 Å². The molecular formula is C16H25ClN6. The van der Waals surface area contributed by atoms with Crippen molar-refractivity contribution in [1.29, 1.82) is 0 Å². The maximum absolute atomic E-state index is 5.91. The molecule has 0 atom stereocenters. The van der Waals surface area contributed by atoms with Crippen molar-refractivity contribution in [2.45, 2.75) is 12.8 Å². The fraction of sp³-hybridized carbons (Fsp3) is 0.562. The van der Waals surface area contributed by atoms with Gasteiger partial charge in [0.25, 0.3) is 0 Å². The van der Waals surface area contributed by atoms with Gasteiger partial charge in [-0.25, -0.2) is 9.97 Å². The van der Waals surface area contributed by atoms with Crippen molar-refractivity contribution in [3.63, 3.8) is 0 Å². The van der Waals surface area contributed by atoms with Gasteiger partial charge in [-0.2, -0.15) is 0 Å². The first-order valence-electron chi connectivity index (χ1n) is 8.05. The van der Waals surface area contributed by atoms with Crippen LogP contribution in [0, 0.1) is 0 Å². The van der Waals surface area contributed by atoms with Crippen LogP contribution >= 0.6 is 11.6 Å². The van der Waals surface area contributed by atoms with Gasteiger partial charge in [0.1, 0.15) is 0 Å². The quantitative estimate of drug-likeness (QED) is 0.579. The molecule has 2 rings (SSSR count). The number of nitrogens with zero attached hydrogens (tertiary/aromatic N) is 5. The third-order valence-corrected chi connectivity index (χ3v) is 3.95. The predicted octanol–water partition coefficient (Wildman–Crippen LogP) is 1.75. The summed E-state index contributed by atoms with van der Waals surface area (Å²) in [4.78, 5) is 17.2. The van der Waals surface area contributed by atoms with Gasteiger partial charge in [0.15, 0.2) is 0 Å². The topological polar surface area (TPSA) is 56.7 Å². The summed E-state index contributed by atoms with van der Waals surface area (Å²) >= 11 is 5.91. The third kappa shape index (κ3) is 6.54. The highest BCUT2D eigenvalue weighted by atomic mass is 35.5. The van der Waals surface area contributed by atoms with Gasteiger partial charge in [-0.3, -0.25) is 9.89 Å². The van der Waals surface area contributed by atoms with Crippen molar-refractivity contribution >= 4 is 23.8 Å². The first kappa shape index (κ1) is 17.7. The van der Waals surface area contributed by atoms with Gasteiger partial charge in [0, 0.05) is 64.6 Å². The summed E-state index contributed by atoms with van der Waals surface area (Å²) in [6.45, 7) is 6.22. The van der Waals surface area contributed by atoms with Crippen LogP contribution < -0.4 is 10.2 Å². The van der Waals surface area contributed by atoms with Crippen LogP contribution in [0.4, 0.5) is 5.95 Å². The van der Waals surface area contributed by atoms with Crippen molar-refractivity contribution in [2.24, 2.45) is 4.99 Å². The minimum Gasteiger partial charge on any atom is -0.390 e. The molecule has 0 unspecified atom stereocenters. The zero-order chi connectivity index (χ0) is 16.3. The van der Waals surface area contributed by atoms with E-state index in [1.54, 1.807) is 31.9 Å². The second kappa shape index (κ2) is 10.2. The van der Waals surface area contributed by atoms with Crippen molar-refractivity contribution in [2.75, 3.05) is 51.2 Å². The van der Waals surface area contributed by atoms with E-state index in [2.05, 4.69) is 30.1 Å². The van der Waals surface area contributed by atoms with Crippen LogP contribution in [0.2, 0.25) is 0 Å². The molecule has 126 valence electrons. The normalized spacial score (nSPS) is 17.0. The number of aromatic nitrogens is 2. The zero-order valence-corrected chi connectivity index (χ0v) is 14.4. The summed E-state index contributed by atoms with van der Waals surface area (Å²) in [7, 11) is 1.71. The summed E-state index contributed by atoms with van der Waals surface area (Å²) in [6, 6.07) is 1.85. The molecule has 0 radical (unpaired) electrons. The van der Waals surface area contributed by atoms with E-state index < -0.39 is 0 Å². The fourth-order valence-electron chi connectivity index (χ4n) is 2.52. The Morgan fingerprint density at radius 2 is 2.00 bits per heavy atom. The predicted molar refractivity (Wildman–Crippen MR) is 96.3 cm³/mol. The number of allylic oxidation sites excluding steroid dienone is 1. The van der Waals surface area contributed by atoms with E-state index in [0.717, 1.165) is 51.6 Å². The summed E-state index contributed by atoms with van der Waals surface area (Å²) in [6.07, 6.45) is 9.34. The maximum atomic E-state index is 5.91. The van der Waals surface area contributed by atoms with Crippen molar-refractivity contribution in [3.8, 4) is 0 Å². The summed E-state index contributed by atoms with van der Waals surface area (Å²) in [5.74, 6) is 0.843. The summed E-state index contributed by atoms with van der Waals surface area (Å²) in [5.41, 5.74) is 0. The van der Waals surface area contributed by atoms with Crippen molar-refractivity contribution in [3.05, 3.63) is 29.7 Å².